The molecule has 0 fully saturated rings. The molecule has 1 heterocycles. The topological polar surface area (TPSA) is 48.3 Å². The number of imidazole rings is 1. The summed E-state index contributed by atoms with van der Waals surface area (Å²) < 4.78 is 12.8. The van der Waals surface area contributed by atoms with Gasteiger partial charge in [-0.25, -0.2) is 4.98 Å². The van der Waals surface area contributed by atoms with E-state index in [9.17, 15) is 0 Å². The number of nitrogens with one attached hydrogen (secondary N) is 1. The van der Waals surface area contributed by atoms with Crippen LogP contribution in [0.25, 0.3) is 0 Å². The van der Waals surface area contributed by atoms with Gasteiger partial charge in [-0.1, -0.05) is 23.7 Å². The van der Waals surface area contributed by atoms with Crippen LogP contribution in [0.15, 0.2) is 30.6 Å². The van der Waals surface area contributed by atoms with Crippen molar-refractivity contribution in [1.29, 1.82) is 0 Å². The third kappa shape index (κ3) is 4.46. The molecule has 0 aliphatic heterocycles. The van der Waals surface area contributed by atoms with Gasteiger partial charge in [-0.2, -0.15) is 0 Å². The average molecular weight is 310 g/mol. The van der Waals surface area contributed by atoms with Gasteiger partial charge in [0.2, 0.25) is 0 Å². The molecule has 0 radical (unpaired) electrons. The molecule has 1 N–H and O–H groups in total. The van der Waals surface area contributed by atoms with E-state index in [0.29, 0.717) is 30.5 Å². The molecule has 0 spiro atoms. The highest BCUT2D eigenvalue weighted by atomic mass is 35.5. The van der Waals surface area contributed by atoms with Crippen LogP contribution in [0.5, 0.6) is 5.75 Å². The van der Waals surface area contributed by atoms with E-state index in [1.165, 1.54) is 0 Å². The number of methoxy groups -OCH3 is 1. The summed E-state index contributed by atoms with van der Waals surface area (Å²) in [6.45, 7) is 2.52. The molecule has 0 bridgehead atoms. The normalized spacial score (nSPS) is 10.8. The minimum absolute atomic E-state index is 0.387. The van der Waals surface area contributed by atoms with Crippen LogP contribution in [-0.2, 0) is 24.9 Å². The first-order chi connectivity index (χ1) is 10.2. The smallest absolute Gasteiger partial charge is 0.146 e. The number of benzene rings is 1. The summed E-state index contributed by atoms with van der Waals surface area (Å²) in [5, 5.41) is 3.90. The maximum absolute atomic E-state index is 6.24. The van der Waals surface area contributed by atoms with Gasteiger partial charge in [0, 0.05) is 45.2 Å². The lowest BCUT2D eigenvalue weighted by molar-refractivity contribution is 0.199. The molecule has 0 saturated carbocycles. The van der Waals surface area contributed by atoms with Crippen molar-refractivity contribution in [3.8, 4) is 5.75 Å². The summed E-state index contributed by atoms with van der Waals surface area (Å²) in [7, 11) is 3.62. The summed E-state index contributed by atoms with van der Waals surface area (Å²) in [4.78, 5) is 4.24. The fraction of sp³-hybridized carbons (Fsp3) is 0.400. The highest BCUT2D eigenvalue weighted by molar-refractivity contribution is 6.32. The Morgan fingerprint density at radius 2 is 2.24 bits per heavy atom. The Morgan fingerprint density at radius 1 is 1.38 bits per heavy atom. The SMILES string of the molecule is COCCNCc1cccc(Cl)c1OCc1nccn1C. The number of aromatic nitrogens is 2. The summed E-state index contributed by atoms with van der Waals surface area (Å²) in [6.07, 6.45) is 3.64. The van der Waals surface area contributed by atoms with Gasteiger partial charge in [-0.15, -0.1) is 0 Å². The molecule has 0 saturated heterocycles. The number of nitrogens with zero attached hydrogens (tertiary/aromatic N) is 2. The van der Waals surface area contributed by atoms with Crippen LogP contribution >= 0.6 is 11.6 Å². The van der Waals surface area contributed by atoms with E-state index in [2.05, 4.69) is 10.3 Å². The number of aryl methyl sites for hydroxylation is 1. The first-order valence-electron chi connectivity index (χ1n) is 6.78. The molecular formula is C15H20ClN3O2. The average Bonchev–Trinajstić information content (AvgIpc) is 2.88. The lowest BCUT2D eigenvalue weighted by atomic mass is 10.2. The number of halogens is 1. The van der Waals surface area contributed by atoms with Crippen molar-refractivity contribution >= 4 is 11.6 Å². The number of ether oxygens (including phenoxy) is 2. The fourth-order valence-corrected chi connectivity index (χ4v) is 2.17. The summed E-state index contributed by atoms with van der Waals surface area (Å²) >= 11 is 6.24. The van der Waals surface area contributed by atoms with Gasteiger partial charge in [0.05, 0.1) is 11.6 Å². The Morgan fingerprint density at radius 3 is 2.95 bits per heavy atom. The van der Waals surface area contributed by atoms with Crippen molar-refractivity contribution in [1.82, 2.24) is 14.9 Å². The van der Waals surface area contributed by atoms with E-state index in [1.807, 2.05) is 36.0 Å². The van der Waals surface area contributed by atoms with Gasteiger partial charge < -0.3 is 19.4 Å². The van der Waals surface area contributed by atoms with Crippen molar-refractivity contribution in [3.05, 3.63) is 47.0 Å². The number of rotatable bonds is 8. The van der Waals surface area contributed by atoms with Gasteiger partial charge in [-0.05, 0) is 6.07 Å². The molecule has 6 heteroatoms. The zero-order valence-electron chi connectivity index (χ0n) is 12.3. The quantitative estimate of drug-likeness (QED) is 0.761. The standard InChI is InChI=1S/C15H20ClN3O2/c1-19-8-6-18-14(19)11-21-15-12(4-3-5-13(15)16)10-17-7-9-20-2/h3-6,8,17H,7,9-11H2,1-2H3. The lowest BCUT2D eigenvalue weighted by Gasteiger charge is -2.13. The molecule has 5 nitrogen and oxygen atoms in total. The molecular weight excluding hydrogens is 290 g/mol. The van der Waals surface area contributed by atoms with Crippen molar-refractivity contribution < 1.29 is 9.47 Å². The van der Waals surface area contributed by atoms with E-state index < -0.39 is 0 Å². The van der Waals surface area contributed by atoms with Crippen molar-refractivity contribution in [3.63, 3.8) is 0 Å². The van der Waals surface area contributed by atoms with Gasteiger partial charge in [0.1, 0.15) is 18.2 Å². The molecule has 1 aromatic heterocycles. The Labute approximate surface area is 129 Å². The first-order valence-corrected chi connectivity index (χ1v) is 7.16. The highest BCUT2D eigenvalue weighted by Gasteiger charge is 2.10. The minimum Gasteiger partial charge on any atom is -0.484 e. The maximum atomic E-state index is 6.24. The molecule has 0 atom stereocenters. The maximum Gasteiger partial charge on any atom is 0.146 e. The second-order valence-electron chi connectivity index (χ2n) is 4.64. The van der Waals surface area contributed by atoms with E-state index in [-0.39, 0.29) is 0 Å². The van der Waals surface area contributed by atoms with Crippen molar-refractivity contribution in [2.45, 2.75) is 13.2 Å². The van der Waals surface area contributed by atoms with Crippen LogP contribution in [0.3, 0.4) is 0 Å². The summed E-state index contributed by atoms with van der Waals surface area (Å²) in [5.41, 5.74) is 1.02. The molecule has 0 aliphatic rings. The molecule has 0 amide bonds. The Bertz CT molecular complexity index is 572. The monoisotopic (exact) mass is 309 g/mol. The molecule has 2 rings (SSSR count). The third-order valence-corrected chi connectivity index (χ3v) is 3.41. The van der Waals surface area contributed by atoms with Crippen LogP contribution in [-0.4, -0.2) is 29.8 Å². The van der Waals surface area contributed by atoms with Crippen LogP contribution in [0.1, 0.15) is 11.4 Å². The highest BCUT2D eigenvalue weighted by Crippen LogP contribution is 2.29. The second kappa shape index (κ2) is 8.02. The van der Waals surface area contributed by atoms with Crippen LogP contribution in [0, 0.1) is 0 Å². The van der Waals surface area contributed by atoms with E-state index >= 15 is 0 Å². The fourth-order valence-electron chi connectivity index (χ4n) is 1.92. The van der Waals surface area contributed by atoms with Crippen LogP contribution < -0.4 is 10.1 Å². The predicted molar refractivity (Wildman–Crippen MR) is 82.6 cm³/mol. The van der Waals surface area contributed by atoms with Gasteiger partial charge in [0.15, 0.2) is 0 Å². The van der Waals surface area contributed by atoms with Crippen LogP contribution in [0.4, 0.5) is 0 Å². The minimum atomic E-state index is 0.387. The Balaban J connectivity index is 2.01. The zero-order valence-corrected chi connectivity index (χ0v) is 13.1. The molecule has 114 valence electrons. The second-order valence-corrected chi connectivity index (χ2v) is 5.05. The molecule has 1 aromatic carbocycles. The zero-order chi connectivity index (χ0) is 15.1. The number of para-hydroxylation sites is 1. The van der Waals surface area contributed by atoms with E-state index in [0.717, 1.165) is 17.9 Å². The first kappa shape index (κ1) is 15.8. The van der Waals surface area contributed by atoms with Crippen molar-refractivity contribution in [2.75, 3.05) is 20.3 Å². The molecule has 2 aromatic rings. The largest absolute Gasteiger partial charge is 0.484 e. The van der Waals surface area contributed by atoms with Gasteiger partial charge in [-0.3, -0.25) is 0 Å². The summed E-state index contributed by atoms with van der Waals surface area (Å²) in [5.74, 6) is 1.56. The predicted octanol–water partition coefficient (Wildman–Crippen LogP) is 2.39. The molecule has 21 heavy (non-hydrogen) atoms. The summed E-state index contributed by atoms with van der Waals surface area (Å²) in [6, 6.07) is 5.75. The Hall–Kier alpha value is -1.56. The van der Waals surface area contributed by atoms with E-state index in [1.54, 1.807) is 13.3 Å². The van der Waals surface area contributed by atoms with E-state index in [4.69, 9.17) is 21.1 Å². The molecule has 0 aliphatic carbocycles. The van der Waals surface area contributed by atoms with Gasteiger partial charge >= 0.3 is 0 Å². The molecule has 0 unspecified atom stereocenters. The van der Waals surface area contributed by atoms with Crippen molar-refractivity contribution in [2.24, 2.45) is 7.05 Å². The van der Waals surface area contributed by atoms with Crippen LogP contribution in [0.2, 0.25) is 5.02 Å². The third-order valence-electron chi connectivity index (χ3n) is 3.11. The number of hydrogen-bond acceptors (Lipinski definition) is 4. The number of hydrogen-bond donors (Lipinski definition) is 1. The lowest BCUT2D eigenvalue weighted by Crippen LogP contribution is -2.19. The Kier molecular flexibility index (Phi) is 6.04. The van der Waals surface area contributed by atoms with Gasteiger partial charge in [0.25, 0.3) is 0 Å².